The molecule has 0 saturated carbocycles. The summed E-state index contributed by atoms with van der Waals surface area (Å²) in [5, 5.41) is 15.9. The summed E-state index contributed by atoms with van der Waals surface area (Å²) in [5.74, 6) is 3.24. The third-order valence-corrected chi connectivity index (χ3v) is 5.70. The Morgan fingerprint density at radius 2 is 2.00 bits per heavy atom. The van der Waals surface area contributed by atoms with E-state index in [1.165, 1.54) is 30.7 Å². The normalized spacial score (nSPS) is 19.1. The van der Waals surface area contributed by atoms with Crippen LogP contribution in [0.15, 0.2) is 17.1 Å². The number of rotatable bonds is 7. The molecule has 1 saturated heterocycles. The van der Waals surface area contributed by atoms with E-state index in [0.29, 0.717) is 6.04 Å². The number of nitrogens with one attached hydrogen (secondary N) is 2. The Hall–Kier alpha value is -1.89. The van der Waals surface area contributed by atoms with Gasteiger partial charge in [-0.25, -0.2) is 0 Å². The zero-order valence-corrected chi connectivity index (χ0v) is 17.7. The van der Waals surface area contributed by atoms with Gasteiger partial charge in [-0.2, -0.15) is 0 Å². The van der Waals surface area contributed by atoms with E-state index in [-0.39, 0.29) is 0 Å². The summed E-state index contributed by atoms with van der Waals surface area (Å²) in [5.41, 5.74) is 1.24. The summed E-state index contributed by atoms with van der Waals surface area (Å²) < 4.78 is 2.35. The molecule has 1 aromatic heterocycles. The Morgan fingerprint density at radius 1 is 1.18 bits per heavy atom. The van der Waals surface area contributed by atoms with Gasteiger partial charge in [0, 0.05) is 58.7 Å². The van der Waals surface area contributed by atoms with Crippen LogP contribution in [0.3, 0.4) is 0 Å². The molecule has 28 heavy (non-hydrogen) atoms. The third kappa shape index (κ3) is 6.06. The Balaban J connectivity index is 1.36. The van der Waals surface area contributed by atoms with Crippen LogP contribution in [0.1, 0.15) is 57.1 Å². The summed E-state index contributed by atoms with van der Waals surface area (Å²) >= 11 is 0. The van der Waals surface area contributed by atoms with Gasteiger partial charge in [-0.15, -0.1) is 10.2 Å². The minimum atomic E-state index is 0.500. The highest BCUT2D eigenvalue weighted by Gasteiger charge is 2.20. The quantitative estimate of drug-likeness (QED) is 0.325. The molecular formula is C21H37N7. The van der Waals surface area contributed by atoms with Crippen molar-refractivity contribution in [1.29, 1.82) is 0 Å². The van der Waals surface area contributed by atoms with Gasteiger partial charge < -0.3 is 15.2 Å². The average Bonchev–Trinajstić information content (AvgIpc) is 2.91. The van der Waals surface area contributed by atoms with Gasteiger partial charge in [0.05, 0.1) is 0 Å². The molecule has 1 aromatic rings. The summed E-state index contributed by atoms with van der Waals surface area (Å²) in [7, 11) is 1.85. The second kappa shape index (κ2) is 10.6. The van der Waals surface area contributed by atoms with Crippen molar-refractivity contribution in [3.05, 3.63) is 23.8 Å². The molecule has 2 aliphatic rings. The Morgan fingerprint density at radius 3 is 2.75 bits per heavy atom. The van der Waals surface area contributed by atoms with Gasteiger partial charge in [0.15, 0.2) is 5.96 Å². The molecule has 0 unspecified atom stereocenters. The first-order valence-corrected chi connectivity index (χ1v) is 10.9. The molecule has 0 amide bonds. The molecule has 7 heteroatoms. The smallest absolute Gasteiger partial charge is 0.191 e. The molecule has 2 N–H and O–H groups in total. The lowest BCUT2D eigenvalue weighted by molar-refractivity contribution is 0.221. The molecule has 156 valence electrons. The number of aryl methyl sites for hydroxylation is 2. The fraction of sp³-hybridized carbons (Fsp3) is 0.762. The monoisotopic (exact) mass is 387 g/mol. The van der Waals surface area contributed by atoms with Crippen molar-refractivity contribution in [2.24, 2.45) is 4.99 Å². The summed E-state index contributed by atoms with van der Waals surface area (Å²) in [6.07, 6.45) is 9.18. The summed E-state index contributed by atoms with van der Waals surface area (Å²) in [6, 6.07) is 0.500. The average molecular weight is 388 g/mol. The van der Waals surface area contributed by atoms with Crippen LogP contribution in [0.25, 0.3) is 0 Å². The van der Waals surface area contributed by atoms with Crippen molar-refractivity contribution in [1.82, 2.24) is 30.3 Å². The van der Waals surface area contributed by atoms with E-state index >= 15 is 0 Å². The lowest BCUT2D eigenvalue weighted by atomic mass is 10.0. The molecule has 0 radical (unpaired) electrons. The fourth-order valence-electron chi connectivity index (χ4n) is 4.19. The summed E-state index contributed by atoms with van der Waals surface area (Å²) in [6.45, 7) is 11.4. The molecule has 0 spiro atoms. The maximum atomic E-state index is 4.43. The van der Waals surface area contributed by atoms with Crippen molar-refractivity contribution < 1.29 is 0 Å². The van der Waals surface area contributed by atoms with E-state index in [0.717, 1.165) is 76.6 Å². The number of nitrogens with zero attached hydrogens (tertiary/aromatic N) is 5. The van der Waals surface area contributed by atoms with E-state index in [1.807, 2.05) is 7.05 Å². The van der Waals surface area contributed by atoms with E-state index in [9.17, 15) is 0 Å². The molecule has 7 nitrogen and oxygen atoms in total. The highest BCUT2D eigenvalue weighted by atomic mass is 15.3. The third-order valence-electron chi connectivity index (χ3n) is 5.70. The van der Waals surface area contributed by atoms with Crippen molar-refractivity contribution in [2.75, 3.05) is 33.2 Å². The van der Waals surface area contributed by atoms with Crippen LogP contribution in [-0.2, 0) is 19.4 Å². The maximum Gasteiger partial charge on any atom is 0.191 e. The number of aromatic nitrogens is 3. The SMILES string of the molecule is C=C(C)CN1CCC(NC(=NC)NCCCc2nnc3n2CCCCC3)CC1. The highest BCUT2D eigenvalue weighted by molar-refractivity contribution is 5.79. The Bertz CT molecular complexity index is 656. The van der Waals surface area contributed by atoms with Crippen LogP contribution in [-0.4, -0.2) is 64.9 Å². The standard InChI is InChI=1S/C21H37N7/c1-17(2)16-27-14-10-18(11-15-27)24-21(22-3)23-12-7-9-20-26-25-19-8-5-4-6-13-28(19)20/h18H,1,4-16H2,2-3H3,(H2,22,23,24). The molecule has 0 aliphatic carbocycles. The lowest BCUT2D eigenvalue weighted by Gasteiger charge is -2.33. The zero-order valence-electron chi connectivity index (χ0n) is 17.7. The molecule has 3 rings (SSSR count). The summed E-state index contributed by atoms with van der Waals surface area (Å²) in [4.78, 5) is 6.88. The van der Waals surface area contributed by atoms with Crippen molar-refractivity contribution >= 4 is 5.96 Å². The highest BCUT2D eigenvalue weighted by Crippen LogP contribution is 2.15. The van der Waals surface area contributed by atoms with Gasteiger partial charge in [-0.05, 0) is 39.0 Å². The molecule has 0 bridgehead atoms. The zero-order chi connectivity index (χ0) is 19.8. The first-order chi connectivity index (χ1) is 13.7. The van der Waals surface area contributed by atoms with Crippen molar-refractivity contribution in [3.8, 4) is 0 Å². The largest absolute Gasteiger partial charge is 0.356 e. The Labute approximate surface area is 169 Å². The lowest BCUT2D eigenvalue weighted by Crippen LogP contribution is -2.49. The predicted molar refractivity (Wildman–Crippen MR) is 115 cm³/mol. The van der Waals surface area contributed by atoms with Gasteiger partial charge in [-0.3, -0.25) is 9.89 Å². The fourth-order valence-corrected chi connectivity index (χ4v) is 4.19. The number of likely N-dealkylation sites (tertiary alicyclic amines) is 1. The van der Waals surface area contributed by atoms with Crippen LogP contribution in [0, 0.1) is 0 Å². The van der Waals surface area contributed by atoms with Gasteiger partial charge in [0.1, 0.15) is 11.6 Å². The van der Waals surface area contributed by atoms with Crippen LogP contribution in [0.2, 0.25) is 0 Å². The van der Waals surface area contributed by atoms with Crippen molar-refractivity contribution in [2.45, 2.75) is 70.9 Å². The molecule has 1 fully saturated rings. The van der Waals surface area contributed by atoms with E-state index in [2.05, 4.69) is 48.8 Å². The molecule has 0 aromatic carbocycles. The van der Waals surface area contributed by atoms with Crippen LogP contribution < -0.4 is 10.6 Å². The second-order valence-electron chi connectivity index (χ2n) is 8.25. The minimum Gasteiger partial charge on any atom is -0.356 e. The van der Waals surface area contributed by atoms with Crippen molar-refractivity contribution in [3.63, 3.8) is 0 Å². The number of hydrogen-bond acceptors (Lipinski definition) is 4. The number of hydrogen-bond donors (Lipinski definition) is 2. The molecular weight excluding hydrogens is 350 g/mol. The number of piperidine rings is 1. The van der Waals surface area contributed by atoms with Gasteiger partial charge in [-0.1, -0.05) is 18.6 Å². The van der Waals surface area contributed by atoms with E-state index < -0.39 is 0 Å². The predicted octanol–water partition coefficient (Wildman–Crippen LogP) is 2.14. The molecule has 0 atom stereocenters. The van der Waals surface area contributed by atoms with Gasteiger partial charge >= 0.3 is 0 Å². The van der Waals surface area contributed by atoms with Gasteiger partial charge in [0.2, 0.25) is 0 Å². The first-order valence-electron chi connectivity index (χ1n) is 10.9. The van der Waals surface area contributed by atoms with Gasteiger partial charge in [0.25, 0.3) is 0 Å². The van der Waals surface area contributed by atoms with Crippen LogP contribution in [0.4, 0.5) is 0 Å². The minimum absolute atomic E-state index is 0.500. The van der Waals surface area contributed by atoms with E-state index in [4.69, 9.17) is 0 Å². The van der Waals surface area contributed by atoms with E-state index in [1.54, 1.807) is 0 Å². The number of fused-ring (bicyclic) bond motifs is 1. The van der Waals surface area contributed by atoms with Crippen LogP contribution >= 0.6 is 0 Å². The Kier molecular flexibility index (Phi) is 7.89. The number of guanidine groups is 1. The molecule has 3 heterocycles. The first kappa shape index (κ1) is 20.8. The topological polar surface area (TPSA) is 70.4 Å². The number of aliphatic imine (C=N–C) groups is 1. The molecule has 2 aliphatic heterocycles. The maximum absolute atomic E-state index is 4.43. The second-order valence-corrected chi connectivity index (χ2v) is 8.25. The van der Waals surface area contributed by atoms with Crippen LogP contribution in [0.5, 0.6) is 0 Å².